The molecule has 92 valence electrons. The van der Waals surface area contributed by atoms with Gasteiger partial charge in [0.1, 0.15) is 0 Å². The SMILES string of the molecule is CC(C)c1ccc2c(c1)C(=O)NC(CCN)C2. The lowest BCUT2D eigenvalue weighted by molar-refractivity contribution is 0.0923. The van der Waals surface area contributed by atoms with Gasteiger partial charge in [-0.25, -0.2) is 0 Å². The summed E-state index contributed by atoms with van der Waals surface area (Å²) in [6.45, 7) is 4.89. The molecule has 2 rings (SSSR count). The second-order valence-electron chi connectivity index (χ2n) is 5.02. The first kappa shape index (κ1) is 12.1. The third kappa shape index (κ3) is 2.50. The largest absolute Gasteiger partial charge is 0.349 e. The number of nitrogens with one attached hydrogen (secondary N) is 1. The summed E-state index contributed by atoms with van der Waals surface area (Å²) in [7, 11) is 0. The Morgan fingerprint density at radius 2 is 2.24 bits per heavy atom. The number of amides is 1. The van der Waals surface area contributed by atoms with E-state index in [0.29, 0.717) is 12.5 Å². The number of hydrogen-bond acceptors (Lipinski definition) is 2. The molecule has 0 fully saturated rings. The second-order valence-corrected chi connectivity index (χ2v) is 5.02. The van der Waals surface area contributed by atoms with E-state index in [0.717, 1.165) is 24.0 Å². The van der Waals surface area contributed by atoms with Crippen molar-refractivity contribution in [2.24, 2.45) is 5.73 Å². The zero-order valence-electron chi connectivity index (χ0n) is 10.5. The molecule has 3 N–H and O–H groups in total. The maximum atomic E-state index is 12.0. The first-order chi connectivity index (χ1) is 8.11. The lowest BCUT2D eigenvalue weighted by atomic mass is 9.90. The van der Waals surface area contributed by atoms with Crippen molar-refractivity contribution < 1.29 is 4.79 Å². The van der Waals surface area contributed by atoms with E-state index in [2.05, 4.69) is 31.3 Å². The van der Waals surface area contributed by atoms with Gasteiger partial charge < -0.3 is 11.1 Å². The third-order valence-electron chi connectivity index (χ3n) is 3.36. The van der Waals surface area contributed by atoms with Gasteiger partial charge in [-0.1, -0.05) is 26.0 Å². The molecule has 1 aromatic rings. The summed E-state index contributed by atoms with van der Waals surface area (Å²) in [5.41, 5.74) is 8.74. The van der Waals surface area contributed by atoms with Crippen molar-refractivity contribution in [3.05, 3.63) is 34.9 Å². The van der Waals surface area contributed by atoms with Crippen LogP contribution in [0.3, 0.4) is 0 Å². The molecule has 1 unspecified atom stereocenters. The van der Waals surface area contributed by atoms with E-state index in [1.165, 1.54) is 5.56 Å². The van der Waals surface area contributed by atoms with Gasteiger partial charge in [-0.15, -0.1) is 0 Å². The van der Waals surface area contributed by atoms with E-state index in [1.54, 1.807) is 0 Å². The number of fused-ring (bicyclic) bond motifs is 1. The minimum atomic E-state index is 0.0483. The van der Waals surface area contributed by atoms with Gasteiger partial charge in [0.2, 0.25) is 0 Å². The number of nitrogens with two attached hydrogens (primary N) is 1. The summed E-state index contributed by atoms with van der Waals surface area (Å²) < 4.78 is 0. The monoisotopic (exact) mass is 232 g/mol. The van der Waals surface area contributed by atoms with E-state index >= 15 is 0 Å². The maximum Gasteiger partial charge on any atom is 0.251 e. The van der Waals surface area contributed by atoms with Crippen molar-refractivity contribution in [2.45, 2.75) is 38.6 Å². The van der Waals surface area contributed by atoms with Crippen LogP contribution in [0, 0.1) is 0 Å². The molecule has 0 bridgehead atoms. The van der Waals surface area contributed by atoms with Gasteiger partial charge in [-0.3, -0.25) is 4.79 Å². The summed E-state index contributed by atoms with van der Waals surface area (Å²) in [5, 5.41) is 3.02. The molecule has 1 atom stereocenters. The second kappa shape index (κ2) is 4.88. The fourth-order valence-electron chi connectivity index (χ4n) is 2.30. The lowest BCUT2D eigenvalue weighted by Gasteiger charge is -2.26. The van der Waals surface area contributed by atoms with Crippen LogP contribution in [-0.4, -0.2) is 18.5 Å². The van der Waals surface area contributed by atoms with E-state index < -0.39 is 0 Å². The molecular weight excluding hydrogens is 212 g/mol. The van der Waals surface area contributed by atoms with Gasteiger partial charge in [0.05, 0.1) is 0 Å². The first-order valence-corrected chi connectivity index (χ1v) is 6.25. The van der Waals surface area contributed by atoms with Crippen LogP contribution in [0.25, 0.3) is 0 Å². The average molecular weight is 232 g/mol. The quantitative estimate of drug-likeness (QED) is 0.835. The fourth-order valence-corrected chi connectivity index (χ4v) is 2.30. The van der Waals surface area contributed by atoms with Gasteiger partial charge in [0.15, 0.2) is 0 Å². The minimum absolute atomic E-state index is 0.0483. The van der Waals surface area contributed by atoms with Crippen LogP contribution >= 0.6 is 0 Å². The van der Waals surface area contributed by atoms with Crippen LogP contribution in [0.15, 0.2) is 18.2 Å². The van der Waals surface area contributed by atoms with E-state index in [4.69, 9.17) is 5.73 Å². The van der Waals surface area contributed by atoms with E-state index in [9.17, 15) is 4.79 Å². The predicted molar refractivity (Wildman–Crippen MR) is 69.2 cm³/mol. The molecule has 1 amide bonds. The van der Waals surface area contributed by atoms with Gasteiger partial charge in [0.25, 0.3) is 5.91 Å². The Kier molecular flexibility index (Phi) is 3.48. The van der Waals surface area contributed by atoms with Gasteiger partial charge in [-0.2, -0.15) is 0 Å². The van der Waals surface area contributed by atoms with Crippen LogP contribution in [0.4, 0.5) is 0 Å². The Morgan fingerprint density at radius 1 is 1.47 bits per heavy atom. The van der Waals surface area contributed by atoms with Gasteiger partial charge >= 0.3 is 0 Å². The zero-order valence-corrected chi connectivity index (χ0v) is 10.5. The van der Waals surface area contributed by atoms with Crippen molar-refractivity contribution in [2.75, 3.05) is 6.54 Å². The van der Waals surface area contributed by atoms with Gasteiger partial charge in [-0.05, 0) is 42.5 Å². The standard InChI is InChI=1S/C14H20N2O/c1-9(2)10-3-4-11-7-12(5-6-15)16-14(17)13(11)8-10/h3-4,8-9,12H,5-7,15H2,1-2H3,(H,16,17). The Morgan fingerprint density at radius 3 is 2.88 bits per heavy atom. The predicted octanol–water partition coefficient (Wildman–Crippen LogP) is 1.81. The molecule has 0 aliphatic carbocycles. The molecule has 17 heavy (non-hydrogen) atoms. The summed E-state index contributed by atoms with van der Waals surface area (Å²) in [5.74, 6) is 0.502. The smallest absolute Gasteiger partial charge is 0.251 e. The Labute approximate surface area is 102 Å². The van der Waals surface area contributed by atoms with Crippen LogP contribution < -0.4 is 11.1 Å². The molecule has 1 heterocycles. The molecule has 1 aliphatic heterocycles. The molecule has 0 radical (unpaired) electrons. The number of carbonyl (C=O) groups is 1. The first-order valence-electron chi connectivity index (χ1n) is 6.25. The summed E-state index contributed by atoms with van der Waals surface area (Å²) in [4.78, 5) is 12.0. The van der Waals surface area contributed by atoms with Gasteiger partial charge in [0, 0.05) is 11.6 Å². The van der Waals surface area contributed by atoms with Crippen LogP contribution in [0.5, 0.6) is 0 Å². The highest BCUT2D eigenvalue weighted by Gasteiger charge is 2.23. The van der Waals surface area contributed by atoms with Crippen molar-refractivity contribution >= 4 is 5.91 Å². The molecule has 3 heteroatoms. The third-order valence-corrected chi connectivity index (χ3v) is 3.36. The van der Waals surface area contributed by atoms with Crippen molar-refractivity contribution in [3.63, 3.8) is 0 Å². The Bertz CT molecular complexity index is 426. The molecule has 0 spiro atoms. The van der Waals surface area contributed by atoms with Crippen molar-refractivity contribution in [1.82, 2.24) is 5.32 Å². The molecule has 3 nitrogen and oxygen atoms in total. The maximum absolute atomic E-state index is 12.0. The highest BCUT2D eigenvalue weighted by Crippen LogP contribution is 2.23. The summed E-state index contributed by atoms with van der Waals surface area (Å²) in [6.07, 6.45) is 1.74. The molecule has 0 aromatic heterocycles. The fraction of sp³-hybridized carbons (Fsp3) is 0.500. The minimum Gasteiger partial charge on any atom is -0.349 e. The van der Waals surface area contributed by atoms with Crippen LogP contribution in [-0.2, 0) is 6.42 Å². The number of rotatable bonds is 3. The lowest BCUT2D eigenvalue weighted by Crippen LogP contribution is -2.42. The highest BCUT2D eigenvalue weighted by atomic mass is 16.1. The highest BCUT2D eigenvalue weighted by molar-refractivity contribution is 5.97. The Hall–Kier alpha value is -1.35. The zero-order chi connectivity index (χ0) is 12.4. The number of hydrogen-bond donors (Lipinski definition) is 2. The topological polar surface area (TPSA) is 55.1 Å². The number of benzene rings is 1. The molecule has 0 saturated carbocycles. The molecule has 1 aliphatic rings. The van der Waals surface area contributed by atoms with Crippen molar-refractivity contribution in [1.29, 1.82) is 0 Å². The van der Waals surface area contributed by atoms with Crippen LogP contribution in [0.2, 0.25) is 0 Å². The normalized spacial score (nSPS) is 19.1. The number of carbonyl (C=O) groups excluding carboxylic acids is 1. The van der Waals surface area contributed by atoms with E-state index in [-0.39, 0.29) is 11.9 Å². The summed E-state index contributed by atoms with van der Waals surface area (Å²) in [6, 6.07) is 6.44. The van der Waals surface area contributed by atoms with Crippen molar-refractivity contribution in [3.8, 4) is 0 Å². The molecule has 0 saturated heterocycles. The summed E-state index contributed by atoms with van der Waals surface area (Å²) >= 11 is 0. The average Bonchev–Trinajstić information content (AvgIpc) is 2.29. The Balaban J connectivity index is 2.29. The van der Waals surface area contributed by atoms with Crippen LogP contribution in [0.1, 0.15) is 47.7 Å². The van der Waals surface area contributed by atoms with E-state index in [1.807, 2.05) is 6.07 Å². The molecular formula is C14H20N2O. The molecule has 1 aromatic carbocycles.